The van der Waals surface area contributed by atoms with Crippen LogP contribution in [0.5, 0.6) is 0 Å². The quantitative estimate of drug-likeness (QED) is 0.151. The zero-order valence-electron chi connectivity index (χ0n) is 36.5. The van der Waals surface area contributed by atoms with E-state index in [2.05, 4.69) is 254 Å². The third kappa shape index (κ3) is 5.54. The second kappa shape index (κ2) is 14.9. The summed E-state index contributed by atoms with van der Waals surface area (Å²) in [5.74, 6) is 0. The Kier molecular flexibility index (Phi) is 8.44. The summed E-state index contributed by atoms with van der Waals surface area (Å²) >= 11 is 1.92. The molecular weight excluding hydrogens is 827 g/mol. The lowest BCUT2D eigenvalue weighted by molar-refractivity contribution is 0.793. The summed E-state index contributed by atoms with van der Waals surface area (Å²) < 4.78 is 1.32. The molecule has 2 aliphatic carbocycles. The minimum atomic E-state index is -0.416. The van der Waals surface area contributed by atoms with Crippen molar-refractivity contribution in [2.24, 2.45) is 0 Å². The Morgan fingerprint density at radius 3 is 1.42 bits per heavy atom. The van der Waals surface area contributed by atoms with Gasteiger partial charge in [-0.1, -0.05) is 206 Å². The molecule has 1 nitrogen and oxygen atoms in total. The van der Waals surface area contributed by atoms with Gasteiger partial charge in [-0.3, -0.25) is 0 Å². The first-order valence-corrected chi connectivity index (χ1v) is 24.0. The fourth-order valence-corrected chi connectivity index (χ4v) is 13.1. The third-order valence-corrected chi connectivity index (χ3v) is 15.7. The van der Waals surface area contributed by atoms with E-state index in [1.165, 1.54) is 109 Å². The van der Waals surface area contributed by atoms with Crippen molar-refractivity contribution in [2.75, 3.05) is 4.90 Å². The molecule has 12 aromatic rings. The Morgan fingerprint density at radius 1 is 0.299 bits per heavy atom. The van der Waals surface area contributed by atoms with Crippen LogP contribution in [0, 0.1) is 0 Å². The van der Waals surface area contributed by atoms with Crippen LogP contribution in [0.1, 0.15) is 22.3 Å². The van der Waals surface area contributed by atoms with Crippen LogP contribution in [0.3, 0.4) is 0 Å². The van der Waals surface area contributed by atoms with Gasteiger partial charge in [0, 0.05) is 43.0 Å². The Morgan fingerprint density at radius 2 is 0.776 bits per heavy atom. The van der Waals surface area contributed by atoms with Crippen LogP contribution in [0.2, 0.25) is 0 Å². The van der Waals surface area contributed by atoms with Gasteiger partial charge in [0.05, 0.1) is 5.41 Å². The molecule has 0 atom stereocenters. The zero-order chi connectivity index (χ0) is 44.1. The SMILES string of the molecule is c1ccc(-c2sc3c4cc(-c5ccc(N(c6ccccc6)c6ccc7c(c6)C6(c8ccccc8-c8ccccc86)c6ccccc6-7)cc5)ccc4c4ccccc4c3c2-c2ccccc2)cc1. The predicted molar refractivity (Wildman–Crippen MR) is 284 cm³/mol. The van der Waals surface area contributed by atoms with Gasteiger partial charge in [-0.2, -0.15) is 0 Å². The molecule has 0 N–H and O–H groups in total. The molecule has 1 spiro atoms. The molecule has 0 radical (unpaired) electrons. The van der Waals surface area contributed by atoms with E-state index in [-0.39, 0.29) is 0 Å². The minimum Gasteiger partial charge on any atom is -0.310 e. The van der Waals surface area contributed by atoms with Crippen LogP contribution in [0.25, 0.3) is 86.6 Å². The van der Waals surface area contributed by atoms with Gasteiger partial charge in [-0.25, -0.2) is 0 Å². The van der Waals surface area contributed by atoms with Gasteiger partial charge in [-0.05, 0) is 125 Å². The number of benzene rings is 11. The van der Waals surface area contributed by atoms with Crippen molar-refractivity contribution in [3.8, 4) is 54.9 Å². The molecule has 312 valence electrons. The van der Waals surface area contributed by atoms with Crippen LogP contribution in [0.4, 0.5) is 17.1 Å². The molecule has 0 amide bonds. The number of hydrogen-bond acceptors (Lipinski definition) is 2. The molecule has 11 aromatic carbocycles. The molecule has 14 rings (SSSR count). The van der Waals surface area contributed by atoms with E-state index >= 15 is 0 Å². The first-order valence-electron chi connectivity index (χ1n) is 23.2. The molecule has 0 saturated carbocycles. The highest BCUT2D eigenvalue weighted by molar-refractivity contribution is 7.24. The summed E-state index contributed by atoms with van der Waals surface area (Å²) in [6.07, 6.45) is 0. The smallest absolute Gasteiger partial charge is 0.0726 e. The molecule has 1 aromatic heterocycles. The highest BCUT2D eigenvalue weighted by Gasteiger charge is 2.51. The number of fused-ring (bicyclic) bond motifs is 16. The molecule has 0 fully saturated rings. The van der Waals surface area contributed by atoms with Gasteiger partial charge < -0.3 is 4.90 Å². The molecule has 1 heterocycles. The topological polar surface area (TPSA) is 3.24 Å². The standard InChI is InChI=1S/C65H41NS/c1-4-18-43(19-5-1)61-62-55-28-11-10-24-49(55)50-38-34-45(40-56(50)64(62)67-63(61)44-20-6-2-7-21-44)42-32-35-47(36-33-42)66(46-22-8-3-9-23-46)48-37-39-54-53-27-14-17-31-59(53)65(60(54)41-48)57-29-15-12-25-51(57)52-26-13-16-30-58(52)65/h1-41H. The van der Waals surface area contributed by atoms with E-state index < -0.39 is 5.41 Å². The number of anilines is 3. The molecular formula is C65H41NS. The summed E-state index contributed by atoms with van der Waals surface area (Å²) in [6, 6.07) is 92.2. The van der Waals surface area contributed by atoms with Gasteiger partial charge >= 0.3 is 0 Å². The van der Waals surface area contributed by atoms with E-state index in [1.54, 1.807) is 0 Å². The molecule has 67 heavy (non-hydrogen) atoms. The van der Waals surface area contributed by atoms with Crippen LogP contribution < -0.4 is 4.90 Å². The highest BCUT2D eigenvalue weighted by atomic mass is 32.1. The molecule has 2 heteroatoms. The number of nitrogens with zero attached hydrogens (tertiary/aromatic N) is 1. The maximum absolute atomic E-state index is 2.47. The van der Waals surface area contributed by atoms with Gasteiger partial charge in [0.15, 0.2) is 0 Å². The summed E-state index contributed by atoms with van der Waals surface area (Å²) in [5, 5.41) is 6.47. The molecule has 0 aliphatic heterocycles. The predicted octanol–water partition coefficient (Wildman–Crippen LogP) is 18.0. The Balaban J connectivity index is 0.928. The Hall–Kier alpha value is -8.30. The fourth-order valence-electron chi connectivity index (χ4n) is 11.7. The Labute approximate surface area is 394 Å². The van der Waals surface area contributed by atoms with E-state index in [1.807, 2.05) is 11.3 Å². The van der Waals surface area contributed by atoms with Crippen LogP contribution in [-0.2, 0) is 5.41 Å². The van der Waals surface area contributed by atoms with Crippen LogP contribution in [-0.4, -0.2) is 0 Å². The maximum Gasteiger partial charge on any atom is 0.0726 e. The molecule has 0 bridgehead atoms. The number of para-hydroxylation sites is 1. The lowest BCUT2D eigenvalue weighted by atomic mass is 9.70. The number of thiophene rings is 1. The molecule has 0 saturated heterocycles. The van der Waals surface area contributed by atoms with Gasteiger partial charge in [0.2, 0.25) is 0 Å². The number of hydrogen-bond donors (Lipinski definition) is 0. The van der Waals surface area contributed by atoms with Crippen molar-refractivity contribution >= 4 is 60.0 Å². The summed E-state index contributed by atoms with van der Waals surface area (Å²) in [7, 11) is 0. The Bertz CT molecular complexity index is 3840. The van der Waals surface area contributed by atoms with E-state index in [0.717, 1.165) is 17.1 Å². The first-order chi connectivity index (χ1) is 33.3. The molecule has 2 aliphatic rings. The lowest BCUT2D eigenvalue weighted by Gasteiger charge is -2.32. The van der Waals surface area contributed by atoms with E-state index in [0.29, 0.717) is 0 Å². The molecule has 0 unspecified atom stereocenters. The van der Waals surface area contributed by atoms with E-state index in [9.17, 15) is 0 Å². The third-order valence-electron chi connectivity index (χ3n) is 14.5. The van der Waals surface area contributed by atoms with Crippen molar-refractivity contribution in [1.82, 2.24) is 0 Å². The zero-order valence-corrected chi connectivity index (χ0v) is 37.3. The number of rotatable bonds is 6. The van der Waals surface area contributed by atoms with Gasteiger partial charge in [0.1, 0.15) is 0 Å². The van der Waals surface area contributed by atoms with Crippen LogP contribution in [0.15, 0.2) is 249 Å². The van der Waals surface area contributed by atoms with Crippen LogP contribution >= 0.6 is 11.3 Å². The lowest BCUT2D eigenvalue weighted by Crippen LogP contribution is -2.26. The van der Waals surface area contributed by atoms with Crippen molar-refractivity contribution in [2.45, 2.75) is 5.41 Å². The normalized spacial score (nSPS) is 12.9. The van der Waals surface area contributed by atoms with Crippen molar-refractivity contribution in [3.63, 3.8) is 0 Å². The largest absolute Gasteiger partial charge is 0.310 e. The minimum absolute atomic E-state index is 0.416. The van der Waals surface area contributed by atoms with Crippen molar-refractivity contribution in [3.05, 3.63) is 271 Å². The van der Waals surface area contributed by atoms with E-state index in [4.69, 9.17) is 0 Å². The van der Waals surface area contributed by atoms with Crippen molar-refractivity contribution in [1.29, 1.82) is 0 Å². The fraction of sp³-hybridized carbons (Fsp3) is 0.0154. The second-order valence-electron chi connectivity index (χ2n) is 17.9. The summed E-state index contributed by atoms with van der Waals surface area (Å²) in [5.41, 5.74) is 19.8. The second-order valence-corrected chi connectivity index (χ2v) is 18.9. The first kappa shape index (κ1) is 38.0. The average molecular weight is 868 g/mol. The maximum atomic E-state index is 2.47. The summed E-state index contributed by atoms with van der Waals surface area (Å²) in [4.78, 5) is 3.73. The highest BCUT2D eigenvalue weighted by Crippen LogP contribution is 2.63. The van der Waals surface area contributed by atoms with Crippen molar-refractivity contribution < 1.29 is 0 Å². The average Bonchev–Trinajstić information content (AvgIpc) is 4.05. The monoisotopic (exact) mass is 867 g/mol. The van der Waals surface area contributed by atoms with Gasteiger partial charge in [0.25, 0.3) is 0 Å². The van der Waals surface area contributed by atoms with Gasteiger partial charge in [-0.15, -0.1) is 11.3 Å². The summed E-state index contributed by atoms with van der Waals surface area (Å²) in [6.45, 7) is 0.